The van der Waals surface area contributed by atoms with Crippen molar-refractivity contribution < 1.29 is 17.9 Å². The molecule has 0 aliphatic heterocycles. The maximum absolute atomic E-state index is 12.8. The van der Waals surface area contributed by atoms with E-state index in [2.05, 4.69) is 21.2 Å². The summed E-state index contributed by atoms with van der Waals surface area (Å²) in [7, 11) is 1.56. The number of benzene rings is 1. The molecule has 0 aromatic heterocycles. The molecule has 7 heteroatoms. The molecule has 1 unspecified atom stereocenters. The fourth-order valence-electron chi connectivity index (χ4n) is 1.83. The molecule has 1 aromatic rings. The molecular weight excluding hydrogens is 337 g/mol. The highest BCUT2D eigenvalue weighted by molar-refractivity contribution is 9.10. The van der Waals surface area contributed by atoms with E-state index in [9.17, 15) is 13.2 Å². The molecule has 114 valence electrons. The predicted molar refractivity (Wildman–Crippen MR) is 76.7 cm³/mol. The third-order valence-electron chi connectivity index (χ3n) is 2.77. The molecule has 1 atom stereocenters. The van der Waals surface area contributed by atoms with E-state index in [1.807, 2.05) is 0 Å². The van der Waals surface area contributed by atoms with Crippen LogP contribution in [0.1, 0.15) is 18.4 Å². The molecule has 0 fully saturated rings. The summed E-state index contributed by atoms with van der Waals surface area (Å²) in [6, 6.07) is 4.02. The lowest BCUT2D eigenvalue weighted by atomic mass is 10.1. The van der Waals surface area contributed by atoms with Gasteiger partial charge in [0.2, 0.25) is 0 Å². The Morgan fingerprint density at radius 1 is 1.40 bits per heavy atom. The molecule has 0 heterocycles. The van der Waals surface area contributed by atoms with Gasteiger partial charge in [-0.05, 0) is 37.6 Å². The van der Waals surface area contributed by atoms with Crippen LogP contribution in [0.4, 0.5) is 18.9 Å². The number of hydrogen-bond donors (Lipinski definition) is 2. The summed E-state index contributed by atoms with van der Waals surface area (Å²) in [4.78, 5) is 0. The van der Waals surface area contributed by atoms with E-state index in [1.54, 1.807) is 13.2 Å². The van der Waals surface area contributed by atoms with E-state index in [-0.39, 0.29) is 10.5 Å². The van der Waals surface area contributed by atoms with Crippen LogP contribution in [0.5, 0.6) is 0 Å². The minimum absolute atomic E-state index is 0.0285. The van der Waals surface area contributed by atoms with Crippen LogP contribution in [0.2, 0.25) is 0 Å². The van der Waals surface area contributed by atoms with Crippen LogP contribution >= 0.6 is 15.9 Å². The summed E-state index contributed by atoms with van der Waals surface area (Å²) in [5, 5.41) is 3.05. The maximum atomic E-state index is 12.8. The highest BCUT2D eigenvalue weighted by Gasteiger charge is 2.33. The topological polar surface area (TPSA) is 47.3 Å². The first-order valence-electron chi connectivity index (χ1n) is 6.20. The van der Waals surface area contributed by atoms with Crippen molar-refractivity contribution in [3.8, 4) is 0 Å². The summed E-state index contributed by atoms with van der Waals surface area (Å²) < 4.78 is 43.5. The van der Waals surface area contributed by atoms with Crippen LogP contribution in [-0.4, -0.2) is 26.3 Å². The van der Waals surface area contributed by atoms with Gasteiger partial charge in [0.05, 0.1) is 12.2 Å². The molecule has 0 aliphatic rings. The average molecular weight is 355 g/mol. The van der Waals surface area contributed by atoms with Crippen molar-refractivity contribution in [2.45, 2.75) is 25.1 Å². The quantitative estimate of drug-likeness (QED) is 0.785. The minimum Gasteiger partial charge on any atom is -0.383 e. The Balaban J connectivity index is 2.85. The number of anilines is 1. The first-order chi connectivity index (χ1) is 9.38. The molecule has 0 bridgehead atoms. The molecule has 1 aromatic carbocycles. The summed E-state index contributed by atoms with van der Waals surface area (Å²) in [5.41, 5.74) is 5.16. The van der Waals surface area contributed by atoms with Gasteiger partial charge in [-0.2, -0.15) is 13.2 Å². The van der Waals surface area contributed by atoms with Crippen LogP contribution in [0, 0.1) is 0 Å². The zero-order valence-electron chi connectivity index (χ0n) is 11.1. The average Bonchev–Trinajstić information content (AvgIpc) is 2.37. The van der Waals surface area contributed by atoms with Gasteiger partial charge in [0, 0.05) is 23.3 Å². The monoisotopic (exact) mass is 354 g/mol. The van der Waals surface area contributed by atoms with Crippen molar-refractivity contribution in [1.82, 2.24) is 0 Å². The summed E-state index contributed by atoms with van der Waals surface area (Å²) in [6.07, 6.45) is -2.87. The number of methoxy groups -OCH3 is 1. The fraction of sp³-hybridized carbons (Fsp3) is 0.538. The summed E-state index contributed by atoms with van der Waals surface area (Å²) in [6.45, 7) is 0.952. The number of nitrogens with one attached hydrogen (secondary N) is 1. The molecule has 3 nitrogen and oxygen atoms in total. The second-order valence-corrected chi connectivity index (χ2v) is 5.27. The number of halogens is 4. The zero-order valence-corrected chi connectivity index (χ0v) is 12.7. The molecule has 20 heavy (non-hydrogen) atoms. The van der Waals surface area contributed by atoms with Crippen molar-refractivity contribution in [3.05, 3.63) is 28.2 Å². The number of alkyl halides is 3. The molecule has 1 rings (SSSR count). The van der Waals surface area contributed by atoms with Gasteiger partial charge in [-0.15, -0.1) is 0 Å². The molecule has 3 N–H and O–H groups in total. The smallest absolute Gasteiger partial charge is 0.383 e. The van der Waals surface area contributed by atoms with Gasteiger partial charge < -0.3 is 15.8 Å². The Kier molecular flexibility index (Phi) is 6.78. The van der Waals surface area contributed by atoms with E-state index in [0.717, 1.165) is 18.9 Å². The van der Waals surface area contributed by atoms with E-state index < -0.39 is 11.7 Å². The van der Waals surface area contributed by atoms with Gasteiger partial charge in [0.1, 0.15) is 0 Å². The highest BCUT2D eigenvalue weighted by atomic mass is 79.9. The van der Waals surface area contributed by atoms with E-state index >= 15 is 0 Å². The molecular formula is C13H18BrF3N2O. The number of ether oxygens (including phenoxy) is 1. The van der Waals surface area contributed by atoms with Gasteiger partial charge in [-0.3, -0.25) is 0 Å². The first-order valence-corrected chi connectivity index (χ1v) is 7.00. The molecule has 0 radical (unpaired) electrons. The van der Waals surface area contributed by atoms with Gasteiger partial charge in [-0.1, -0.05) is 15.9 Å². The van der Waals surface area contributed by atoms with Crippen LogP contribution in [0.3, 0.4) is 0 Å². The Hall–Kier alpha value is -0.790. The van der Waals surface area contributed by atoms with Crippen LogP contribution in [-0.2, 0) is 10.9 Å². The second kappa shape index (κ2) is 7.85. The number of nitrogens with two attached hydrogens (primary N) is 1. The summed E-state index contributed by atoms with van der Waals surface area (Å²) in [5.74, 6) is 0. The lowest BCUT2D eigenvalue weighted by Crippen LogP contribution is -2.26. The molecule has 0 saturated carbocycles. The third-order valence-corrected chi connectivity index (χ3v) is 3.46. The Labute approximate surface area is 124 Å². The van der Waals surface area contributed by atoms with Crippen molar-refractivity contribution in [3.63, 3.8) is 0 Å². The van der Waals surface area contributed by atoms with Gasteiger partial charge in [-0.25, -0.2) is 0 Å². The normalized spacial score (nSPS) is 13.3. The van der Waals surface area contributed by atoms with Crippen molar-refractivity contribution in [1.29, 1.82) is 0 Å². The van der Waals surface area contributed by atoms with Crippen molar-refractivity contribution in [2.24, 2.45) is 5.73 Å². The fourth-order valence-corrected chi connectivity index (χ4v) is 2.30. The van der Waals surface area contributed by atoms with E-state index in [1.165, 1.54) is 6.07 Å². The zero-order chi connectivity index (χ0) is 15.2. The molecule has 0 saturated heterocycles. The molecule has 0 aliphatic carbocycles. The number of rotatable bonds is 7. The second-order valence-electron chi connectivity index (χ2n) is 4.42. The minimum atomic E-state index is -4.38. The number of hydrogen-bond acceptors (Lipinski definition) is 3. The van der Waals surface area contributed by atoms with Gasteiger partial charge >= 0.3 is 6.18 Å². The highest BCUT2D eigenvalue weighted by Crippen LogP contribution is 2.36. The largest absolute Gasteiger partial charge is 0.417 e. The Morgan fingerprint density at radius 3 is 2.65 bits per heavy atom. The van der Waals surface area contributed by atoms with Crippen LogP contribution in [0.25, 0.3) is 0 Å². The SMILES string of the molecule is COCC(CCCN)Nc1ccc(Br)c(C(F)(F)F)c1. The Morgan fingerprint density at radius 2 is 2.10 bits per heavy atom. The Bertz CT molecular complexity index is 427. The standard InChI is InChI=1S/C13H18BrF3N2O/c1-20-8-10(3-2-6-18)19-9-4-5-12(14)11(7-9)13(15,16)17/h4-5,7,10,19H,2-3,6,8,18H2,1H3. The van der Waals surface area contributed by atoms with Crippen LogP contribution in [0.15, 0.2) is 22.7 Å². The third kappa shape index (κ3) is 5.30. The molecule has 0 spiro atoms. The summed E-state index contributed by atoms with van der Waals surface area (Å²) >= 11 is 2.92. The predicted octanol–water partition coefficient (Wildman–Crippen LogP) is 3.63. The first kappa shape index (κ1) is 17.3. The molecule has 0 amide bonds. The van der Waals surface area contributed by atoms with E-state index in [4.69, 9.17) is 10.5 Å². The van der Waals surface area contributed by atoms with Gasteiger partial charge in [0.15, 0.2) is 0 Å². The van der Waals surface area contributed by atoms with Crippen molar-refractivity contribution >= 4 is 21.6 Å². The van der Waals surface area contributed by atoms with Crippen molar-refractivity contribution in [2.75, 3.05) is 25.6 Å². The van der Waals surface area contributed by atoms with Crippen LogP contribution < -0.4 is 11.1 Å². The van der Waals surface area contributed by atoms with E-state index in [0.29, 0.717) is 18.8 Å². The maximum Gasteiger partial charge on any atom is 0.417 e. The van der Waals surface area contributed by atoms with Gasteiger partial charge in [0.25, 0.3) is 0 Å². The lowest BCUT2D eigenvalue weighted by Gasteiger charge is -2.20. The lowest BCUT2D eigenvalue weighted by molar-refractivity contribution is -0.138.